The summed E-state index contributed by atoms with van der Waals surface area (Å²) in [5.74, 6) is 3.22. The summed E-state index contributed by atoms with van der Waals surface area (Å²) < 4.78 is 10.6. The second-order valence-electron chi connectivity index (χ2n) is 9.86. The van der Waals surface area contributed by atoms with Crippen molar-refractivity contribution in [3.8, 4) is 0 Å². The number of methoxy groups -OCH3 is 2. The molecular weight excluding hydrogens is 396 g/mol. The molecule has 0 heterocycles. The molecule has 0 radical (unpaired) electrons. The van der Waals surface area contributed by atoms with E-state index in [0.717, 1.165) is 36.5 Å². The van der Waals surface area contributed by atoms with Gasteiger partial charge in [0.1, 0.15) is 0 Å². The van der Waals surface area contributed by atoms with E-state index in [0.29, 0.717) is 17.9 Å². The normalized spacial score (nSPS) is 26.9. The van der Waals surface area contributed by atoms with E-state index in [-0.39, 0.29) is 5.97 Å². The van der Waals surface area contributed by atoms with Gasteiger partial charge < -0.3 is 9.47 Å². The number of carbonyl (C=O) groups excluding carboxylic acids is 1. The summed E-state index contributed by atoms with van der Waals surface area (Å²) in [6.07, 6.45) is 18.0. The van der Waals surface area contributed by atoms with E-state index < -0.39 is 0 Å². The van der Waals surface area contributed by atoms with Gasteiger partial charge in [-0.3, -0.25) is 4.79 Å². The van der Waals surface area contributed by atoms with Gasteiger partial charge in [0.05, 0.1) is 13.2 Å². The van der Waals surface area contributed by atoms with Crippen molar-refractivity contribution in [3.63, 3.8) is 0 Å². The molecule has 2 aliphatic rings. The lowest BCUT2D eigenvalue weighted by molar-refractivity contribution is -0.140. The first kappa shape index (κ1) is 31.2. The standard InChI is InChI=1S/C25H44O3.2C2H6/c1-19-18-20(2)22(13-10-14-23(27-4)25(3)16-11-17-25)21(19)12-8-6-7-9-15-24(26)28-5;2*1-2/h6,8,19-23H,7,9-18H2,1-5H3;2*1-2H3/b8-6-;;/t19-,20-,21+,22+,23?;;/m1../s1. The lowest BCUT2D eigenvalue weighted by Gasteiger charge is -2.44. The summed E-state index contributed by atoms with van der Waals surface area (Å²) in [5.41, 5.74) is 0.440. The van der Waals surface area contributed by atoms with Crippen molar-refractivity contribution in [1.29, 1.82) is 0 Å². The van der Waals surface area contributed by atoms with Crippen LogP contribution in [0.4, 0.5) is 0 Å². The van der Waals surface area contributed by atoms with Gasteiger partial charge in [-0.1, -0.05) is 73.5 Å². The largest absolute Gasteiger partial charge is 0.469 e. The Bertz CT molecular complexity index is 495. The minimum Gasteiger partial charge on any atom is -0.469 e. The molecule has 2 fully saturated rings. The van der Waals surface area contributed by atoms with Crippen LogP contribution in [0, 0.1) is 29.1 Å². The Morgan fingerprint density at radius 3 is 2.16 bits per heavy atom. The Labute approximate surface area is 201 Å². The fraction of sp³-hybridized carbons (Fsp3) is 0.897. The van der Waals surface area contributed by atoms with Crippen molar-refractivity contribution in [2.45, 2.75) is 125 Å². The van der Waals surface area contributed by atoms with Gasteiger partial charge in [-0.2, -0.15) is 0 Å². The molecule has 0 amide bonds. The molecule has 0 aromatic carbocycles. The SMILES string of the molecule is CC.CC.COC(=O)CCC/C=C\C[C@@H]1[C@@H](CCCC(OC)C2(C)CCC2)[C@H](C)C[C@H]1C. The highest BCUT2D eigenvalue weighted by Gasteiger charge is 2.41. The topological polar surface area (TPSA) is 35.5 Å². The second kappa shape index (κ2) is 17.6. The Kier molecular flexibility index (Phi) is 17.2. The lowest BCUT2D eigenvalue weighted by Crippen LogP contribution is -2.39. The number of hydrogen-bond acceptors (Lipinski definition) is 3. The highest BCUT2D eigenvalue weighted by Crippen LogP contribution is 2.48. The minimum atomic E-state index is -0.100. The Morgan fingerprint density at radius 1 is 1.00 bits per heavy atom. The maximum Gasteiger partial charge on any atom is 0.305 e. The van der Waals surface area contributed by atoms with Crippen LogP contribution in [-0.2, 0) is 14.3 Å². The van der Waals surface area contributed by atoms with Crippen LogP contribution < -0.4 is 0 Å². The first-order chi connectivity index (χ1) is 15.4. The fourth-order valence-corrected chi connectivity index (χ4v) is 5.87. The van der Waals surface area contributed by atoms with Crippen LogP contribution in [0.15, 0.2) is 12.2 Å². The molecular formula is C29H56O3. The van der Waals surface area contributed by atoms with Crippen molar-refractivity contribution < 1.29 is 14.3 Å². The van der Waals surface area contributed by atoms with E-state index in [1.807, 2.05) is 34.8 Å². The van der Waals surface area contributed by atoms with Crippen LogP contribution in [0.5, 0.6) is 0 Å². The van der Waals surface area contributed by atoms with Crippen LogP contribution in [0.3, 0.4) is 0 Å². The Morgan fingerprint density at radius 2 is 1.62 bits per heavy atom. The fourth-order valence-electron chi connectivity index (χ4n) is 5.87. The van der Waals surface area contributed by atoms with Gasteiger partial charge in [0.25, 0.3) is 0 Å². The summed E-state index contributed by atoms with van der Waals surface area (Å²) in [7, 11) is 3.37. The summed E-state index contributed by atoms with van der Waals surface area (Å²) in [4.78, 5) is 11.2. The smallest absolute Gasteiger partial charge is 0.305 e. The molecule has 0 spiro atoms. The average Bonchev–Trinajstić information content (AvgIpc) is 3.06. The summed E-state index contributed by atoms with van der Waals surface area (Å²) in [5, 5.41) is 0. The van der Waals surface area contributed by atoms with Crippen LogP contribution in [0.1, 0.15) is 119 Å². The van der Waals surface area contributed by atoms with Crippen LogP contribution >= 0.6 is 0 Å². The van der Waals surface area contributed by atoms with Crippen LogP contribution in [0.25, 0.3) is 0 Å². The molecule has 1 unspecified atom stereocenters. The summed E-state index contributed by atoms with van der Waals surface area (Å²) in [6.45, 7) is 15.3. The summed E-state index contributed by atoms with van der Waals surface area (Å²) in [6, 6.07) is 0. The molecule has 32 heavy (non-hydrogen) atoms. The zero-order valence-corrected chi connectivity index (χ0v) is 23.0. The molecule has 0 aliphatic heterocycles. The molecule has 0 bridgehead atoms. The van der Waals surface area contributed by atoms with Crippen molar-refractivity contribution in [2.75, 3.05) is 14.2 Å². The van der Waals surface area contributed by atoms with Gasteiger partial charge in [-0.05, 0) is 80.5 Å². The van der Waals surface area contributed by atoms with Gasteiger partial charge in [0.2, 0.25) is 0 Å². The average molecular weight is 453 g/mol. The molecule has 3 nitrogen and oxygen atoms in total. The third kappa shape index (κ3) is 9.98. The Hall–Kier alpha value is -0.830. The minimum absolute atomic E-state index is 0.100. The molecule has 0 saturated heterocycles. The van der Waals surface area contributed by atoms with E-state index in [2.05, 4.69) is 32.9 Å². The number of unbranched alkanes of at least 4 members (excludes halogenated alkanes) is 1. The van der Waals surface area contributed by atoms with E-state index in [9.17, 15) is 4.79 Å². The van der Waals surface area contributed by atoms with E-state index in [1.165, 1.54) is 58.5 Å². The molecule has 2 aliphatic carbocycles. The Balaban J connectivity index is 0.00000227. The quantitative estimate of drug-likeness (QED) is 0.169. The van der Waals surface area contributed by atoms with Crippen molar-refractivity contribution in [2.24, 2.45) is 29.1 Å². The number of ether oxygens (including phenoxy) is 2. The molecule has 2 saturated carbocycles. The van der Waals surface area contributed by atoms with Gasteiger partial charge in [0.15, 0.2) is 0 Å². The lowest BCUT2D eigenvalue weighted by atomic mass is 9.65. The van der Waals surface area contributed by atoms with Gasteiger partial charge in [-0.15, -0.1) is 0 Å². The summed E-state index contributed by atoms with van der Waals surface area (Å²) >= 11 is 0. The third-order valence-corrected chi connectivity index (χ3v) is 7.87. The molecule has 0 aromatic heterocycles. The molecule has 0 aromatic rings. The van der Waals surface area contributed by atoms with Crippen molar-refractivity contribution >= 4 is 5.97 Å². The molecule has 2 rings (SSSR count). The third-order valence-electron chi connectivity index (χ3n) is 7.87. The number of hydrogen-bond donors (Lipinski definition) is 0. The monoisotopic (exact) mass is 452 g/mol. The first-order valence-electron chi connectivity index (χ1n) is 13.7. The molecule has 190 valence electrons. The molecule has 0 N–H and O–H groups in total. The number of allylic oxidation sites excluding steroid dienone is 2. The number of esters is 1. The maximum atomic E-state index is 11.2. The van der Waals surface area contributed by atoms with Crippen LogP contribution in [0.2, 0.25) is 0 Å². The highest BCUT2D eigenvalue weighted by atomic mass is 16.5. The number of rotatable bonds is 12. The van der Waals surface area contributed by atoms with E-state index in [1.54, 1.807) is 0 Å². The molecule has 3 heteroatoms. The second-order valence-corrected chi connectivity index (χ2v) is 9.86. The predicted molar refractivity (Wildman–Crippen MR) is 139 cm³/mol. The van der Waals surface area contributed by atoms with E-state index >= 15 is 0 Å². The van der Waals surface area contributed by atoms with Gasteiger partial charge in [0, 0.05) is 13.5 Å². The highest BCUT2D eigenvalue weighted by molar-refractivity contribution is 5.69. The first-order valence-corrected chi connectivity index (χ1v) is 13.7. The van der Waals surface area contributed by atoms with E-state index in [4.69, 9.17) is 9.47 Å². The van der Waals surface area contributed by atoms with Crippen molar-refractivity contribution in [1.82, 2.24) is 0 Å². The van der Waals surface area contributed by atoms with Crippen LogP contribution in [-0.4, -0.2) is 26.3 Å². The zero-order chi connectivity index (χ0) is 24.6. The zero-order valence-electron chi connectivity index (χ0n) is 23.0. The maximum absolute atomic E-state index is 11.2. The van der Waals surface area contributed by atoms with Gasteiger partial charge >= 0.3 is 5.97 Å². The van der Waals surface area contributed by atoms with Gasteiger partial charge in [-0.25, -0.2) is 0 Å². The predicted octanol–water partition coefficient (Wildman–Crippen LogP) is 8.61. The molecule has 5 atom stereocenters. The number of carbonyl (C=O) groups is 1. The van der Waals surface area contributed by atoms with Crippen molar-refractivity contribution in [3.05, 3.63) is 12.2 Å².